The van der Waals surface area contributed by atoms with E-state index in [1.54, 1.807) is 25.3 Å². The maximum absolute atomic E-state index is 14.0. The first kappa shape index (κ1) is 20.7. The summed E-state index contributed by atoms with van der Waals surface area (Å²) >= 11 is 11.7. The highest BCUT2D eigenvalue weighted by Crippen LogP contribution is 2.43. The topological polar surface area (TPSA) is 41.3 Å². The normalized spacial score (nSPS) is 18.1. The molecule has 0 aliphatic carbocycles. The lowest BCUT2D eigenvalue weighted by Gasteiger charge is -2.26. The number of nitrogens with one attached hydrogen (secondary N) is 1. The van der Waals surface area contributed by atoms with Gasteiger partial charge in [0.2, 0.25) is 0 Å². The Bertz CT molecular complexity index is 1280. The summed E-state index contributed by atoms with van der Waals surface area (Å²) in [5.74, 6) is 1.19. The number of aryl methyl sites for hydroxylation is 1. The van der Waals surface area contributed by atoms with Crippen LogP contribution in [0.1, 0.15) is 29.1 Å². The molecule has 0 amide bonds. The van der Waals surface area contributed by atoms with Gasteiger partial charge in [0.1, 0.15) is 23.4 Å². The maximum atomic E-state index is 14.0. The zero-order chi connectivity index (χ0) is 22.2. The Kier molecular flexibility index (Phi) is 5.41. The van der Waals surface area contributed by atoms with Crippen LogP contribution in [-0.2, 0) is 0 Å². The summed E-state index contributed by atoms with van der Waals surface area (Å²) in [6, 6.07) is 21.6. The number of rotatable bonds is 4. The fraction of sp³-hybridized carbons (Fsp3) is 0.120. The third-order valence-corrected chi connectivity index (χ3v) is 6.13. The maximum Gasteiger partial charge on any atom is 0.174 e. The third kappa shape index (κ3) is 3.76. The molecule has 1 N–H and O–H groups in total. The SMILES string of the molecule is Cc1cc(N2C(=S)N[C@@H](c3ccccn3)[C@H]2c2ccc(-c3ccc(Cl)cc3)o2)ccc1F. The second-order valence-corrected chi connectivity index (χ2v) is 8.46. The van der Waals surface area contributed by atoms with Crippen molar-refractivity contribution in [1.29, 1.82) is 0 Å². The number of anilines is 1. The van der Waals surface area contributed by atoms with Gasteiger partial charge in [-0.3, -0.25) is 4.98 Å². The first-order valence-corrected chi connectivity index (χ1v) is 10.9. The number of benzene rings is 2. The fourth-order valence-corrected chi connectivity index (χ4v) is 4.45. The molecule has 4 nitrogen and oxygen atoms in total. The van der Waals surface area contributed by atoms with Crippen LogP contribution in [0.2, 0.25) is 5.02 Å². The summed E-state index contributed by atoms with van der Waals surface area (Å²) in [5.41, 5.74) is 3.10. The standard InChI is InChI=1S/C25H19ClFN3OS/c1-15-14-18(9-10-19(15)27)30-24(23(29-25(30)32)20-4-2-3-13-28-20)22-12-11-21(31-22)16-5-7-17(26)8-6-16/h2-14,23-24H,1H3,(H,29,32)/t23-,24+/m0/s1. The molecule has 0 unspecified atom stereocenters. The van der Waals surface area contributed by atoms with Gasteiger partial charge in [-0.25, -0.2) is 4.39 Å². The smallest absolute Gasteiger partial charge is 0.174 e. The Hall–Kier alpha value is -3.22. The minimum absolute atomic E-state index is 0.238. The molecule has 0 saturated carbocycles. The molecule has 160 valence electrons. The van der Waals surface area contributed by atoms with E-state index in [0.29, 0.717) is 15.7 Å². The highest BCUT2D eigenvalue weighted by atomic mass is 35.5. The van der Waals surface area contributed by atoms with Gasteiger partial charge < -0.3 is 14.6 Å². The van der Waals surface area contributed by atoms with E-state index in [1.165, 1.54) is 6.07 Å². The fourth-order valence-electron chi connectivity index (χ4n) is 3.98. The molecule has 2 atom stereocenters. The molecule has 0 radical (unpaired) electrons. The number of pyridine rings is 1. The number of hydrogen-bond acceptors (Lipinski definition) is 3. The van der Waals surface area contributed by atoms with E-state index in [2.05, 4.69) is 10.3 Å². The van der Waals surface area contributed by atoms with Crippen LogP contribution < -0.4 is 10.2 Å². The van der Waals surface area contributed by atoms with Crippen molar-refractivity contribution in [3.63, 3.8) is 0 Å². The second-order valence-electron chi connectivity index (χ2n) is 7.64. The molecule has 5 rings (SSSR count). The van der Waals surface area contributed by atoms with Crippen molar-refractivity contribution in [3.05, 3.63) is 107 Å². The molecule has 1 aliphatic heterocycles. The molecule has 4 aromatic rings. The quantitative estimate of drug-likeness (QED) is 0.344. The predicted octanol–water partition coefficient (Wildman–Crippen LogP) is 6.62. The van der Waals surface area contributed by atoms with Crippen LogP contribution in [0.3, 0.4) is 0 Å². The van der Waals surface area contributed by atoms with Crippen LogP contribution in [-0.4, -0.2) is 10.1 Å². The molecule has 2 aromatic carbocycles. The zero-order valence-corrected chi connectivity index (χ0v) is 18.7. The summed E-state index contributed by atoms with van der Waals surface area (Å²) in [4.78, 5) is 6.50. The lowest BCUT2D eigenvalue weighted by Crippen LogP contribution is -2.29. The molecular weight excluding hydrogens is 445 g/mol. The largest absolute Gasteiger partial charge is 0.459 e. The van der Waals surface area contributed by atoms with Crippen molar-refractivity contribution in [2.75, 3.05) is 4.90 Å². The minimum atomic E-state index is -0.302. The van der Waals surface area contributed by atoms with Crippen LogP contribution in [0.5, 0.6) is 0 Å². The van der Waals surface area contributed by atoms with Crippen LogP contribution in [0, 0.1) is 12.7 Å². The van der Waals surface area contributed by atoms with Gasteiger partial charge in [-0.1, -0.05) is 17.7 Å². The Labute approximate surface area is 195 Å². The van der Waals surface area contributed by atoms with Crippen LogP contribution >= 0.6 is 23.8 Å². The van der Waals surface area contributed by atoms with Gasteiger partial charge in [0.05, 0.1) is 11.7 Å². The Morgan fingerprint density at radius 2 is 1.88 bits per heavy atom. The Morgan fingerprint density at radius 3 is 2.59 bits per heavy atom. The lowest BCUT2D eigenvalue weighted by molar-refractivity contribution is 0.439. The van der Waals surface area contributed by atoms with Crippen molar-refractivity contribution in [3.8, 4) is 11.3 Å². The summed E-state index contributed by atoms with van der Waals surface area (Å²) in [6.45, 7) is 1.74. The van der Waals surface area contributed by atoms with Crippen molar-refractivity contribution in [1.82, 2.24) is 10.3 Å². The van der Waals surface area contributed by atoms with Crippen LogP contribution in [0.25, 0.3) is 11.3 Å². The number of furan rings is 1. The van der Waals surface area contributed by atoms with Crippen LogP contribution in [0.4, 0.5) is 10.1 Å². The van der Waals surface area contributed by atoms with Gasteiger partial charge >= 0.3 is 0 Å². The van der Waals surface area contributed by atoms with Gasteiger partial charge in [0.15, 0.2) is 5.11 Å². The number of nitrogens with zero attached hydrogens (tertiary/aromatic N) is 2. The van der Waals surface area contributed by atoms with Crippen molar-refractivity contribution in [2.24, 2.45) is 0 Å². The van der Waals surface area contributed by atoms with Crippen molar-refractivity contribution in [2.45, 2.75) is 19.0 Å². The van der Waals surface area contributed by atoms with E-state index in [1.807, 2.05) is 59.5 Å². The molecule has 0 spiro atoms. The first-order valence-electron chi connectivity index (χ1n) is 10.1. The summed E-state index contributed by atoms with van der Waals surface area (Å²) < 4.78 is 20.3. The molecule has 1 saturated heterocycles. The van der Waals surface area contributed by atoms with E-state index in [0.717, 1.165) is 28.5 Å². The van der Waals surface area contributed by atoms with Gasteiger partial charge in [-0.15, -0.1) is 0 Å². The van der Waals surface area contributed by atoms with Gasteiger partial charge in [-0.05, 0) is 91.4 Å². The summed E-state index contributed by atoms with van der Waals surface area (Å²) in [6.07, 6.45) is 1.75. The average molecular weight is 464 g/mol. The molecule has 7 heteroatoms. The third-order valence-electron chi connectivity index (χ3n) is 5.56. The molecule has 32 heavy (non-hydrogen) atoms. The zero-order valence-electron chi connectivity index (χ0n) is 17.1. The molecule has 1 aliphatic rings. The van der Waals surface area contributed by atoms with Crippen LogP contribution in [0.15, 0.2) is 83.4 Å². The molecule has 0 bridgehead atoms. The van der Waals surface area contributed by atoms with Crippen molar-refractivity contribution >= 4 is 34.6 Å². The summed E-state index contributed by atoms with van der Waals surface area (Å²) in [5, 5.41) is 4.58. The molecule has 1 fully saturated rings. The van der Waals surface area contributed by atoms with Gasteiger partial charge in [-0.2, -0.15) is 0 Å². The average Bonchev–Trinajstić information content (AvgIpc) is 3.41. The van der Waals surface area contributed by atoms with E-state index < -0.39 is 0 Å². The van der Waals surface area contributed by atoms with E-state index >= 15 is 0 Å². The highest BCUT2D eigenvalue weighted by molar-refractivity contribution is 7.80. The van der Waals surface area contributed by atoms with E-state index in [4.69, 9.17) is 28.2 Å². The Balaban J connectivity index is 1.60. The Morgan fingerprint density at radius 1 is 1.06 bits per heavy atom. The second kappa shape index (κ2) is 8.37. The number of thiocarbonyl (C=S) groups is 1. The van der Waals surface area contributed by atoms with Gasteiger partial charge in [0.25, 0.3) is 0 Å². The lowest BCUT2D eigenvalue weighted by atomic mass is 10.0. The predicted molar refractivity (Wildman–Crippen MR) is 128 cm³/mol. The van der Waals surface area contributed by atoms with Crippen molar-refractivity contribution < 1.29 is 8.81 Å². The number of halogens is 2. The highest BCUT2D eigenvalue weighted by Gasteiger charge is 2.42. The molecule has 2 aromatic heterocycles. The molecular formula is C25H19ClFN3OS. The van der Waals surface area contributed by atoms with Gasteiger partial charge in [0, 0.05) is 22.5 Å². The number of hydrogen-bond donors (Lipinski definition) is 1. The molecule has 3 heterocycles. The first-order chi connectivity index (χ1) is 15.5. The van der Waals surface area contributed by atoms with E-state index in [-0.39, 0.29) is 17.9 Å². The minimum Gasteiger partial charge on any atom is -0.459 e. The monoisotopic (exact) mass is 463 g/mol. The summed E-state index contributed by atoms with van der Waals surface area (Å²) in [7, 11) is 0. The number of aromatic nitrogens is 1. The van der Waals surface area contributed by atoms with E-state index in [9.17, 15) is 4.39 Å².